The number of fused-ring (bicyclic) bond motifs is 1. The molecule has 0 radical (unpaired) electrons. The van der Waals surface area contributed by atoms with Crippen LogP contribution in [-0.4, -0.2) is 0 Å². The summed E-state index contributed by atoms with van der Waals surface area (Å²) in [5.41, 5.74) is 1.85. The van der Waals surface area contributed by atoms with Crippen molar-refractivity contribution in [1.82, 2.24) is 0 Å². The number of hydrogen-bond acceptors (Lipinski definition) is 0. The van der Waals surface area contributed by atoms with Gasteiger partial charge in [-0.25, -0.2) is 0 Å². The van der Waals surface area contributed by atoms with Crippen molar-refractivity contribution in [3.05, 3.63) is 11.6 Å². The van der Waals surface area contributed by atoms with Gasteiger partial charge in [0.1, 0.15) is 0 Å². The molecule has 3 aliphatic carbocycles. The molecule has 0 amide bonds. The smallest absolute Gasteiger partial charge is 0.0172 e. The largest absolute Gasteiger partial charge is 0.0848 e. The zero-order valence-electron chi connectivity index (χ0n) is 7.76. The van der Waals surface area contributed by atoms with Gasteiger partial charge in [0.05, 0.1) is 0 Å². The molecule has 0 aromatic carbocycles. The lowest BCUT2D eigenvalue weighted by molar-refractivity contribution is 0.160. The molecule has 0 heteroatoms. The highest BCUT2D eigenvalue weighted by molar-refractivity contribution is 5.16. The van der Waals surface area contributed by atoms with Gasteiger partial charge in [-0.2, -0.15) is 0 Å². The summed E-state index contributed by atoms with van der Waals surface area (Å²) in [5.74, 6) is 3.22. The van der Waals surface area contributed by atoms with Crippen molar-refractivity contribution in [2.24, 2.45) is 17.8 Å². The van der Waals surface area contributed by atoms with E-state index in [1.54, 1.807) is 12.8 Å². The Kier molecular flexibility index (Phi) is 1.56. The summed E-state index contributed by atoms with van der Waals surface area (Å²) in [6.07, 6.45) is 13.1. The SMILES string of the molecule is C1=C2CCCC3CCC(C1)CC23. The van der Waals surface area contributed by atoms with Crippen LogP contribution in [0.15, 0.2) is 11.6 Å². The zero-order valence-corrected chi connectivity index (χ0v) is 7.76. The normalized spacial score (nSPS) is 45.3. The summed E-state index contributed by atoms with van der Waals surface area (Å²) in [6.45, 7) is 0. The Balaban J connectivity index is 1.93. The average molecular weight is 162 g/mol. The highest BCUT2D eigenvalue weighted by Gasteiger charge is 2.36. The summed E-state index contributed by atoms with van der Waals surface area (Å²) < 4.78 is 0. The van der Waals surface area contributed by atoms with Gasteiger partial charge < -0.3 is 0 Å². The van der Waals surface area contributed by atoms with E-state index in [1.807, 2.05) is 5.57 Å². The van der Waals surface area contributed by atoms with Crippen LogP contribution in [0.25, 0.3) is 0 Å². The minimum Gasteiger partial charge on any atom is -0.0848 e. The van der Waals surface area contributed by atoms with E-state index in [0.717, 1.165) is 17.8 Å². The van der Waals surface area contributed by atoms with Crippen LogP contribution in [0.5, 0.6) is 0 Å². The molecule has 0 aromatic rings. The summed E-state index contributed by atoms with van der Waals surface area (Å²) >= 11 is 0. The van der Waals surface area contributed by atoms with E-state index in [4.69, 9.17) is 0 Å². The molecule has 2 fully saturated rings. The van der Waals surface area contributed by atoms with Crippen molar-refractivity contribution >= 4 is 0 Å². The quantitative estimate of drug-likeness (QED) is 0.478. The molecular weight excluding hydrogens is 144 g/mol. The summed E-state index contributed by atoms with van der Waals surface area (Å²) in [4.78, 5) is 0. The molecule has 66 valence electrons. The van der Waals surface area contributed by atoms with E-state index < -0.39 is 0 Å². The minimum atomic E-state index is 1.05. The van der Waals surface area contributed by atoms with Crippen LogP contribution in [0.1, 0.15) is 44.9 Å². The van der Waals surface area contributed by atoms with Gasteiger partial charge in [-0.3, -0.25) is 0 Å². The molecule has 0 spiro atoms. The maximum atomic E-state index is 2.59. The second-order valence-electron chi connectivity index (χ2n) is 4.95. The van der Waals surface area contributed by atoms with Crippen molar-refractivity contribution in [3.8, 4) is 0 Å². The lowest BCUT2D eigenvalue weighted by atomic mass is 9.62. The average Bonchev–Trinajstić information content (AvgIpc) is 2.17. The van der Waals surface area contributed by atoms with Gasteiger partial charge in [0.15, 0.2) is 0 Å². The van der Waals surface area contributed by atoms with Crippen LogP contribution in [0.3, 0.4) is 0 Å². The minimum absolute atomic E-state index is 1.05. The van der Waals surface area contributed by atoms with Gasteiger partial charge in [-0.1, -0.05) is 11.6 Å². The highest BCUT2D eigenvalue weighted by Crippen LogP contribution is 2.49. The number of allylic oxidation sites excluding steroid dienone is 2. The van der Waals surface area contributed by atoms with E-state index in [-0.39, 0.29) is 0 Å². The second-order valence-corrected chi connectivity index (χ2v) is 4.95. The van der Waals surface area contributed by atoms with Gasteiger partial charge >= 0.3 is 0 Å². The van der Waals surface area contributed by atoms with Gasteiger partial charge in [0.25, 0.3) is 0 Å². The van der Waals surface area contributed by atoms with Crippen LogP contribution in [-0.2, 0) is 0 Å². The Morgan fingerprint density at radius 3 is 3.17 bits per heavy atom. The molecule has 2 bridgehead atoms. The van der Waals surface area contributed by atoms with Gasteiger partial charge in [0, 0.05) is 0 Å². The van der Waals surface area contributed by atoms with Crippen LogP contribution in [0.4, 0.5) is 0 Å². The lowest BCUT2D eigenvalue weighted by Crippen LogP contribution is -2.31. The molecule has 3 aliphatic rings. The fourth-order valence-corrected chi connectivity index (χ4v) is 3.66. The first kappa shape index (κ1) is 7.17. The van der Waals surface area contributed by atoms with Gasteiger partial charge in [-0.15, -0.1) is 0 Å². The molecule has 0 N–H and O–H groups in total. The van der Waals surface area contributed by atoms with Crippen LogP contribution in [0, 0.1) is 17.8 Å². The van der Waals surface area contributed by atoms with Gasteiger partial charge in [0.2, 0.25) is 0 Å². The Bertz CT molecular complexity index is 214. The molecule has 0 nitrogen and oxygen atoms in total. The monoisotopic (exact) mass is 162 g/mol. The third kappa shape index (κ3) is 0.967. The van der Waals surface area contributed by atoms with E-state index in [2.05, 4.69) is 6.08 Å². The molecular formula is C12H18. The first-order valence-corrected chi connectivity index (χ1v) is 5.62. The lowest BCUT2D eigenvalue weighted by Gasteiger charge is -2.44. The Hall–Kier alpha value is -0.260. The Morgan fingerprint density at radius 2 is 2.17 bits per heavy atom. The maximum Gasteiger partial charge on any atom is -0.0172 e. The van der Waals surface area contributed by atoms with E-state index in [9.17, 15) is 0 Å². The molecule has 3 unspecified atom stereocenters. The predicted octanol–water partition coefficient (Wildman–Crippen LogP) is 3.53. The first-order valence-electron chi connectivity index (χ1n) is 5.62. The van der Waals surface area contributed by atoms with Crippen molar-refractivity contribution in [3.63, 3.8) is 0 Å². The van der Waals surface area contributed by atoms with E-state index in [1.165, 1.54) is 32.1 Å². The third-order valence-corrected chi connectivity index (χ3v) is 4.33. The van der Waals surface area contributed by atoms with Crippen LogP contribution >= 0.6 is 0 Å². The maximum absolute atomic E-state index is 2.59. The summed E-state index contributed by atoms with van der Waals surface area (Å²) in [7, 11) is 0. The molecule has 0 heterocycles. The van der Waals surface area contributed by atoms with Crippen LogP contribution in [0.2, 0.25) is 0 Å². The molecule has 0 aromatic heterocycles. The molecule has 3 rings (SSSR count). The predicted molar refractivity (Wildman–Crippen MR) is 50.9 cm³/mol. The number of rotatable bonds is 0. The topological polar surface area (TPSA) is 0 Å². The Morgan fingerprint density at radius 1 is 1.17 bits per heavy atom. The van der Waals surface area contributed by atoms with Crippen molar-refractivity contribution in [2.45, 2.75) is 44.9 Å². The molecule has 0 aliphatic heterocycles. The molecule has 3 atom stereocenters. The highest BCUT2D eigenvalue weighted by atomic mass is 14.4. The van der Waals surface area contributed by atoms with E-state index in [0.29, 0.717) is 0 Å². The van der Waals surface area contributed by atoms with E-state index >= 15 is 0 Å². The summed E-state index contributed by atoms with van der Waals surface area (Å²) in [5, 5.41) is 0. The fraction of sp³-hybridized carbons (Fsp3) is 0.833. The zero-order chi connectivity index (χ0) is 7.97. The first-order chi connectivity index (χ1) is 5.93. The molecule has 2 saturated carbocycles. The van der Waals surface area contributed by atoms with Crippen molar-refractivity contribution < 1.29 is 0 Å². The van der Waals surface area contributed by atoms with Crippen molar-refractivity contribution in [2.75, 3.05) is 0 Å². The summed E-state index contributed by atoms with van der Waals surface area (Å²) in [6, 6.07) is 0. The van der Waals surface area contributed by atoms with Crippen LogP contribution < -0.4 is 0 Å². The van der Waals surface area contributed by atoms with Crippen molar-refractivity contribution in [1.29, 1.82) is 0 Å². The number of hydrogen-bond donors (Lipinski definition) is 0. The molecule has 12 heavy (non-hydrogen) atoms. The fourth-order valence-electron chi connectivity index (χ4n) is 3.66. The van der Waals surface area contributed by atoms with Gasteiger partial charge in [-0.05, 0) is 62.7 Å². The molecule has 0 saturated heterocycles. The third-order valence-electron chi connectivity index (χ3n) is 4.33. The second kappa shape index (κ2) is 2.61. The standard InChI is InChI=1S/C12H18/c1-2-10-6-4-9-5-7-11(3-1)12(10)8-9/h6,9,11-12H,1-5,7-8H2. The Labute approximate surface area is 75.0 Å².